The zero-order valence-corrected chi connectivity index (χ0v) is 25.4. The third-order valence-corrected chi connectivity index (χ3v) is 13.0. The Hall–Kier alpha value is -1.56. The number of aliphatic hydroxyl groups excluding tert-OH is 1. The Balaban J connectivity index is 1.09. The Labute approximate surface area is 247 Å². The molecule has 0 radical (unpaired) electrons. The zero-order valence-electron chi connectivity index (χ0n) is 25.4. The highest BCUT2D eigenvalue weighted by atomic mass is 16.7. The van der Waals surface area contributed by atoms with Gasteiger partial charge < -0.3 is 38.6 Å². The molecule has 234 valence electrons. The zero-order chi connectivity index (χ0) is 29.8. The molecule has 42 heavy (non-hydrogen) atoms. The van der Waals surface area contributed by atoms with E-state index in [-0.39, 0.29) is 40.8 Å². The number of rotatable bonds is 5. The van der Waals surface area contributed by atoms with Gasteiger partial charge in [-0.3, -0.25) is 4.79 Å². The van der Waals surface area contributed by atoms with Gasteiger partial charge in [-0.05, 0) is 87.0 Å². The monoisotopic (exact) mass is 590 g/mol. The Morgan fingerprint density at radius 3 is 2.57 bits per heavy atom. The number of hydrogen-bond donors (Lipinski definition) is 2. The van der Waals surface area contributed by atoms with Crippen molar-refractivity contribution >= 4 is 11.9 Å². The second-order valence-electron chi connectivity index (χ2n) is 14.6. The van der Waals surface area contributed by atoms with Gasteiger partial charge in [0.2, 0.25) is 0 Å². The van der Waals surface area contributed by atoms with Crippen LogP contribution in [-0.2, 0) is 38.0 Å². The third-order valence-electron chi connectivity index (χ3n) is 13.0. The Kier molecular flexibility index (Phi) is 6.75. The summed E-state index contributed by atoms with van der Waals surface area (Å²) in [6.07, 6.45) is 4.48. The van der Waals surface area contributed by atoms with Crippen molar-refractivity contribution in [3.8, 4) is 0 Å². The fourth-order valence-electron chi connectivity index (χ4n) is 10.8. The lowest BCUT2D eigenvalue weighted by Gasteiger charge is -2.62. The molecule has 3 aliphatic heterocycles. The van der Waals surface area contributed by atoms with Gasteiger partial charge in [0, 0.05) is 25.5 Å². The lowest BCUT2D eigenvalue weighted by Crippen LogP contribution is -2.68. The average molecular weight is 591 g/mol. The van der Waals surface area contributed by atoms with Crippen LogP contribution in [0.25, 0.3) is 0 Å². The largest absolute Gasteiger partial charge is 0.458 e. The van der Waals surface area contributed by atoms with E-state index in [1.165, 1.54) is 14.0 Å². The molecule has 0 bridgehead atoms. The van der Waals surface area contributed by atoms with Crippen LogP contribution in [0.1, 0.15) is 79.1 Å². The minimum atomic E-state index is -0.941. The number of epoxide rings is 1. The van der Waals surface area contributed by atoms with E-state index in [4.69, 9.17) is 28.4 Å². The van der Waals surface area contributed by atoms with E-state index >= 15 is 0 Å². The molecule has 7 rings (SSSR count). The predicted octanol–water partition coefficient (Wildman–Crippen LogP) is 2.81. The molecule has 7 aliphatic rings. The van der Waals surface area contributed by atoms with Crippen molar-refractivity contribution in [2.45, 2.75) is 133 Å². The van der Waals surface area contributed by atoms with Crippen molar-refractivity contribution in [3.05, 3.63) is 11.6 Å². The lowest BCUT2D eigenvalue weighted by molar-refractivity contribution is -0.315. The molecule has 1 spiro atoms. The summed E-state index contributed by atoms with van der Waals surface area (Å²) >= 11 is 0. The summed E-state index contributed by atoms with van der Waals surface area (Å²) in [6, 6.07) is 0. The van der Waals surface area contributed by atoms with E-state index in [1.54, 1.807) is 13.0 Å². The number of fused-ring (bicyclic) bond motifs is 3. The topological polar surface area (TPSA) is 133 Å². The molecule has 0 aromatic heterocycles. The van der Waals surface area contributed by atoms with Crippen LogP contribution >= 0.6 is 0 Å². The first kappa shape index (κ1) is 29.2. The highest BCUT2D eigenvalue weighted by molar-refractivity contribution is 5.85. The van der Waals surface area contributed by atoms with Crippen molar-refractivity contribution in [1.82, 2.24) is 0 Å². The first-order valence-corrected chi connectivity index (χ1v) is 15.8. The van der Waals surface area contributed by atoms with Crippen LogP contribution in [-0.4, -0.2) is 90.0 Å². The van der Waals surface area contributed by atoms with Gasteiger partial charge in [0.25, 0.3) is 0 Å². The second kappa shape index (κ2) is 9.72. The number of ether oxygens (including phenoxy) is 6. The molecule has 0 aromatic carbocycles. The molecule has 10 heteroatoms. The smallest absolute Gasteiger partial charge is 0.331 e. The van der Waals surface area contributed by atoms with Gasteiger partial charge in [-0.2, -0.15) is 0 Å². The number of carbonyl (C=O) groups is 2. The van der Waals surface area contributed by atoms with Crippen molar-refractivity contribution < 1.29 is 48.2 Å². The van der Waals surface area contributed by atoms with E-state index in [1.807, 2.05) is 0 Å². The van der Waals surface area contributed by atoms with Gasteiger partial charge in [-0.1, -0.05) is 13.8 Å². The van der Waals surface area contributed by atoms with Crippen molar-refractivity contribution in [3.63, 3.8) is 0 Å². The van der Waals surface area contributed by atoms with Crippen LogP contribution in [0.2, 0.25) is 0 Å². The summed E-state index contributed by atoms with van der Waals surface area (Å²) in [5.74, 6) is -0.0281. The maximum Gasteiger partial charge on any atom is 0.331 e. The first-order chi connectivity index (χ1) is 19.9. The number of cyclic esters (lactones) is 1. The maximum atomic E-state index is 12.6. The second-order valence-corrected chi connectivity index (χ2v) is 14.6. The number of hydrogen-bond acceptors (Lipinski definition) is 10. The molecule has 2 saturated heterocycles. The third kappa shape index (κ3) is 3.84. The lowest BCUT2D eigenvalue weighted by atomic mass is 9.43. The molecule has 0 amide bonds. The fourth-order valence-corrected chi connectivity index (χ4v) is 10.8. The first-order valence-electron chi connectivity index (χ1n) is 15.8. The van der Waals surface area contributed by atoms with E-state index in [9.17, 15) is 19.8 Å². The number of aliphatic hydroxyl groups is 2. The van der Waals surface area contributed by atoms with Gasteiger partial charge in [0.05, 0.1) is 18.3 Å². The predicted molar refractivity (Wildman–Crippen MR) is 147 cm³/mol. The summed E-state index contributed by atoms with van der Waals surface area (Å²) < 4.78 is 35.6. The molecule has 6 fully saturated rings. The molecular formula is C32H46O10. The standard InChI is InChI=1S/C32H46O10/c1-16-25(35)26(37-5)27(40-17(2)33)28(39-16)41-20-6-9-29(3)19(13-20)14-23-32(42-23)22(29)8-10-30(4)21(7-11-31(30,32)36)18-12-24(34)38-15-18/h12,16,19-23,25-28,35-36H,6-11,13-15H2,1-5H3/t16-,19+,20-,21-,22-,23+,25-,26-,27+,28-,29-,30+,31+,32-/m0/s1. The summed E-state index contributed by atoms with van der Waals surface area (Å²) in [5, 5.41) is 23.3. The minimum Gasteiger partial charge on any atom is -0.458 e. The molecule has 3 heterocycles. The van der Waals surface area contributed by atoms with Crippen LogP contribution in [0.15, 0.2) is 11.6 Å². The van der Waals surface area contributed by atoms with Crippen LogP contribution in [0.4, 0.5) is 0 Å². The van der Waals surface area contributed by atoms with E-state index in [0.717, 1.165) is 50.5 Å². The van der Waals surface area contributed by atoms with E-state index < -0.39 is 47.9 Å². The highest BCUT2D eigenvalue weighted by Gasteiger charge is 2.84. The maximum absolute atomic E-state index is 12.6. The van der Waals surface area contributed by atoms with E-state index in [0.29, 0.717) is 18.9 Å². The summed E-state index contributed by atoms with van der Waals surface area (Å²) in [5.41, 5.74) is -0.815. The molecule has 4 aliphatic carbocycles. The van der Waals surface area contributed by atoms with Crippen LogP contribution in [0.5, 0.6) is 0 Å². The van der Waals surface area contributed by atoms with Gasteiger partial charge in [-0.15, -0.1) is 0 Å². The molecule has 0 unspecified atom stereocenters. The Bertz CT molecular complexity index is 1170. The number of esters is 2. The van der Waals surface area contributed by atoms with Crippen molar-refractivity contribution in [2.75, 3.05) is 13.7 Å². The minimum absolute atomic E-state index is 0.00499. The summed E-state index contributed by atoms with van der Waals surface area (Å²) in [6.45, 7) is 8.04. The van der Waals surface area contributed by atoms with E-state index in [2.05, 4.69) is 13.8 Å². The van der Waals surface area contributed by atoms with Gasteiger partial charge in [0.1, 0.15) is 30.0 Å². The van der Waals surface area contributed by atoms with Gasteiger partial charge in [0.15, 0.2) is 12.4 Å². The number of carbonyl (C=O) groups excluding carboxylic acids is 2. The Morgan fingerprint density at radius 2 is 1.88 bits per heavy atom. The Morgan fingerprint density at radius 1 is 1.10 bits per heavy atom. The van der Waals surface area contributed by atoms with Crippen LogP contribution in [0.3, 0.4) is 0 Å². The normalized spacial score (nSPS) is 54.5. The molecule has 2 N–H and O–H groups in total. The SMILES string of the molecule is CO[C@H]1[C@@H](O)[C@H](C)O[C@@H](O[C@H]2CC[C@@]3(C)[C@H](C2)C[C@H]2O[C@@]24[C@H]3CC[C@]2(C)[C@H](C3=CC(=O)OC3)CC[C@]42O)[C@@H]1OC(C)=O. The molecule has 0 aromatic rings. The average Bonchev–Trinajstić information content (AvgIpc) is 3.38. The molecule has 4 saturated carbocycles. The molecular weight excluding hydrogens is 544 g/mol. The van der Waals surface area contributed by atoms with Crippen molar-refractivity contribution in [2.24, 2.45) is 28.6 Å². The molecule has 14 atom stereocenters. The van der Waals surface area contributed by atoms with Gasteiger partial charge >= 0.3 is 11.9 Å². The fraction of sp³-hybridized carbons (Fsp3) is 0.875. The summed E-state index contributed by atoms with van der Waals surface area (Å²) in [7, 11) is 1.49. The van der Waals surface area contributed by atoms with Crippen LogP contribution < -0.4 is 0 Å². The molecule has 10 nitrogen and oxygen atoms in total. The van der Waals surface area contributed by atoms with Gasteiger partial charge in [-0.25, -0.2) is 4.79 Å². The quantitative estimate of drug-likeness (QED) is 0.280. The number of methoxy groups -OCH3 is 1. The van der Waals surface area contributed by atoms with Crippen molar-refractivity contribution in [1.29, 1.82) is 0 Å². The summed E-state index contributed by atoms with van der Waals surface area (Å²) in [4.78, 5) is 23.8. The van der Waals surface area contributed by atoms with Crippen LogP contribution in [0, 0.1) is 28.6 Å². The highest BCUT2D eigenvalue weighted by Crippen LogP contribution is 2.77.